The van der Waals surface area contributed by atoms with E-state index in [4.69, 9.17) is 0 Å². The predicted molar refractivity (Wildman–Crippen MR) is 35.3 cm³/mol. The Kier molecular flexibility index (Phi) is 1.31. The van der Waals surface area contributed by atoms with Gasteiger partial charge in [-0.25, -0.2) is 0 Å². The summed E-state index contributed by atoms with van der Waals surface area (Å²) in [6.45, 7) is 3.47. The van der Waals surface area contributed by atoms with Crippen LogP contribution < -0.4 is 0 Å². The summed E-state index contributed by atoms with van der Waals surface area (Å²) in [5.74, 6) is 0. The van der Waals surface area contributed by atoms with Gasteiger partial charge in [-0.15, -0.1) is 0 Å². The number of hydrogen-bond donors (Lipinski definition) is 0. The first-order valence-corrected chi connectivity index (χ1v) is 3.14. The van der Waals surface area contributed by atoms with Crippen LogP contribution in [0.5, 0.6) is 0 Å². The molecule has 0 aromatic heterocycles. The van der Waals surface area contributed by atoms with Crippen molar-refractivity contribution in [3.05, 3.63) is 7.05 Å². The fourth-order valence-electron chi connectivity index (χ4n) is 1.02. The predicted octanol–water partition coefficient (Wildman–Crippen LogP) is 1.51. The zero-order chi connectivity index (χ0) is 6.20. The highest BCUT2D eigenvalue weighted by atomic mass is 15.1. The van der Waals surface area contributed by atoms with Crippen LogP contribution in [0.1, 0.15) is 19.8 Å². The van der Waals surface area contributed by atoms with Crippen molar-refractivity contribution in [1.29, 1.82) is 0 Å². The summed E-state index contributed by atoms with van der Waals surface area (Å²) in [5, 5.41) is 0. The first kappa shape index (κ1) is 6.09. The fraction of sp³-hybridized carbons (Fsp3) is 0.857. The molecule has 0 aliphatic heterocycles. The van der Waals surface area contributed by atoms with Gasteiger partial charge in [0.1, 0.15) is 0 Å². The minimum absolute atomic E-state index is 0.635. The van der Waals surface area contributed by atoms with Gasteiger partial charge in [-0.3, -0.25) is 7.05 Å². The molecule has 0 unspecified atom stereocenters. The molecule has 1 saturated carbocycles. The Balaban J connectivity index is 2.19. The van der Waals surface area contributed by atoms with Crippen LogP contribution in [0.2, 0.25) is 0 Å². The van der Waals surface area contributed by atoms with Crippen molar-refractivity contribution < 1.29 is 0 Å². The molecule has 0 spiro atoms. The van der Waals surface area contributed by atoms with E-state index in [9.17, 15) is 0 Å². The summed E-state index contributed by atoms with van der Waals surface area (Å²) in [5.41, 5.74) is 0.635. The van der Waals surface area contributed by atoms with Crippen molar-refractivity contribution in [2.24, 2.45) is 5.41 Å². The van der Waals surface area contributed by atoms with Crippen molar-refractivity contribution in [3.8, 4) is 0 Å². The van der Waals surface area contributed by atoms with Gasteiger partial charge >= 0.3 is 0 Å². The molecule has 1 aliphatic rings. The van der Waals surface area contributed by atoms with Gasteiger partial charge in [-0.2, -0.15) is 0 Å². The van der Waals surface area contributed by atoms with Gasteiger partial charge in [0.05, 0.1) is 0 Å². The molecular weight excluding hydrogens is 98.1 g/mol. The van der Waals surface area contributed by atoms with E-state index in [0.29, 0.717) is 5.41 Å². The minimum Gasteiger partial charge on any atom is -0.461 e. The Labute approximate surface area is 51.7 Å². The molecule has 0 heterocycles. The number of nitrogens with zero attached hydrogens (tertiary/aromatic N) is 1. The lowest BCUT2D eigenvalue weighted by Gasteiger charge is -2.22. The zero-order valence-electron chi connectivity index (χ0n) is 5.78. The normalized spacial score (nSPS) is 24.0. The van der Waals surface area contributed by atoms with Crippen molar-refractivity contribution in [2.75, 3.05) is 13.6 Å². The minimum atomic E-state index is 0.635. The van der Waals surface area contributed by atoms with Gasteiger partial charge in [0.2, 0.25) is 0 Å². The van der Waals surface area contributed by atoms with Gasteiger partial charge in [-0.05, 0) is 31.8 Å². The molecule has 0 saturated heterocycles. The molecule has 0 atom stereocenters. The summed E-state index contributed by atoms with van der Waals surface area (Å²) >= 11 is 0. The van der Waals surface area contributed by atoms with Gasteiger partial charge in [0.25, 0.3) is 0 Å². The van der Waals surface area contributed by atoms with Crippen LogP contribution in [0.15, 0.2) is 0 Å². The van der Waals surface area contributed by atoms with Crippen molar-refractivity contribution in [1.82, 2.24) is 4.90 Å². The lowest BCUT2D eigenvalue weighted by atomic mass is 10.1. The summed E-state index contributed by atoms with van der Waals surface area (Å²) in [4.78, 5) is 2.02. The third-order valence-corrected chi connectivity index (χ3v) is 1.76. The molecule has 0 aromatic rings. The molecule has 1 nitrogen and oxygen atoms in total. The van der Waals surface area contributed by atoms with E-state index in [0.717, 1.165) is 6.54 Å². The molecule has 0 aromatic carbocycles. The van der Waals surface area contributed by atoms with Crippen molar-refractivity contribution >= 4 is 0 Å². The molecule has 0 amide bonds. The van der Waals surface area contributed by atoms with Crippen LogP contribution in [0.4, 0.5) is 0 Å². The van der Waals surface area contributed by atoms with Gasteiger partial charge in [-0.1, -0.05) is 6.92 Å². The maximum Gasteiger partial charge on any atom is -0.0222 e. The first-order valence-electron chi connectivity index (χ1n) is 3.14. The molecule has 1 aliphatic carbocycles. The SMILES string of the molecule is [CH2-]N(C)CC1(C)CC1. The van der Waals surface area contributed by atoms with E-state index in [1.807, 2.05) is 11.9 Å². The Bertz CT molecular complexity index is 82.4. The van der Waals surface area contributed by atoms with Crippen molar-refractivity contribution in [2.45, 2.75) is 19.8 Å². The summed E-state index contributed by atoms with van der Waals surface area (Å²) < 4.78 is 0. The van der Waals surface area contributed by atoms with Crippen LogP contribution in [0, 0.1) is 12.5 Å². The van der Waals surface area contributed by atoms with E-state index in [1.54, 1.807) is 0 Å². The third kappa shape index (κ3) is 1.48. The first-order chi connectivity index (χ1) is 3.62. The molecule has 48 valence electrons. The smallest absolute Gasteiger partial charge is 0.0222 e. The number of hydrogen-bond acceptors (Lipinski definition) is 1. The molecule has 1 fully saturated rings. The highest BCUT2D eigenvalue weighted by Gasteiger charge is 2.36. The van der Waals surface area contributed by atoms with Crippen LogP contribution in [0.3, 0.4) is 0 Å². The molecule has 0 N–H and O–H groups in total. The molecule has 0 radical (unpaired) electrons. The molecular formula is C7H14N-. The van der Waals surface area contributed by atoms with E-state index in [-0.39, 0.29) is 0 Å². The molecule has 1 rings (SSSR count). The highest BCUT2D eigenvalue weighted by molar-refractivity contribution is 4.90. The maximum atomic E-state index is 3.80. The Morgan fingerprint density at radius 3 is 2.25 bits per heavy atom. The fourth-order valence-corrected chi connectivity index (χ4v) is 1.02. The molecule has 1 heteroatoms. The Morgan fingerprint density at radius 1 is 1.62 bits per heavy atom. The maximum absolute atomic E-state index is 3.80. The van der Waals surface area contributed by atoms with E-state index in [2.05, 4.69) is 14.0 Å². The van der Waals surface area contributed by atoms with E-state index >= 15 is 0 Å². The average Bonchev–Trinajstić information content (AvgIpc) is 2.17. The largest absolute Gasteiger partial charge is 0.461 e. The van der Waals surface area contributed by atoms with Crippen LogP contribution >= 0.6 is 0 Å². The zero-order valence-corrected chi connectivity index (χ0v) is 5.78. The van der Waals surface area contributed by atoms with Gasteiger partial charge in [0, 0.05) is 0 Å². The van der Waals surface area contributed by atoms with E-state index in [1.165, 1.54) is 12.8 Å². The van der Waals surface area contributed by atoms with Gasteiger partial charge < -0.3 is 4.90 Å². The second kappa shape index (κ2) is 1.73. The molecule has 0 bridgehead atoms. The highest BCUT2D eigenvalue weighted by Crippen LogP contribution is 2.45. The second-order valence-corrected chi connectivity index (χ2v) is 3.32. The van der Waals surface area contributed by atoms with Gasteiger partial charge in [0.15, 0.2) is 0 Å². The quantitative estimate of drug-likeness (QED) is 0.489. The lowest BCUT2D eigenvalue weighted by molar-refractivity contribution is 0.354. The average molecular weight is 112 g/mol. The monoisotopic (exact) mass is 112 g/mol. The lowest BCUT2D eigenvalue weighted by Crippen LogP contribution is -2.18. The topological polar surface area (TPSA) is 3.24 Å². The second-order valence-electron chi connectivity index (χ2n) is 3.32. The summed E-state index contributed by atoms with van der Waals surface area (Å²) in [6, 6.07) is 0. The molecule has 8 heavy (non-hydrogen) atoms. The third-order valence-electron chi connectivity index (χ3n) is 1.76. The van der Waals surface area contributed by atoms with Crippen molar-refractivity contribution in [3.63, 3.8) is 0 Å². The Hall–Kier alpha value is -0.0400. The Morgan fingerprint density at radius 2 is 2.12 bits per heavy atom. The standard InChI is InChI=1S/C7H14N/c1-7(4-5-7)6-8(2)3/h2,4-6H2,1,3H3/q-1. The number of rotatable bonds is 2. The van der Waals surface area contributed by atoms with E-state index < -0.39 is 0 Å². The van der Waals surface area contributed by atoms with Crippen LogP contribution in [0.25, 0.3) is 0 Å². The summed E-state index contributed by atoms with van der Waals surface area (Å²) in [7, 11) is 5.83. The summed E-state index contributed by atoms with van der Waals surface area (Å²) in [6.07, 6.45) is 2.79. The van der Waals surface area contributed by atoms with Crippen LogP contribution in [-0.4, -0.2) is 18.5 Å². The van der Waals surface area contributed by atoms with Crippen LogP contribution in [-0.2, 0) is 0 Å².